The van der Waals surface area contributed by atoms with E-state index in [1.54, 1.807) is 45.9 Å². The van der Waals surface area contributed by atoms with E-state index in [9.17, 15) is 9.00 Å². The molecule has 0 heterocycles. The van der Waals surface area contributed by atoms with Gasteiger partial charge < -0.3 is 4.74 Å². The fraction of sp³-hybridized carbons (Fsp3) is 0.400. The molecule has 0 aliphatic rings. The van der Waals surface area contributed by atoms with Crippen molar-refractivity contribution in [1.29, 1.82) is 5.26 Å². The molecule has 5 nitrogen and oxygen atoms in total. The maximum Gasteiger partial charge on any atom is 0.358 e. The number of carbonyl (C=O) groups is 1. The van der Waals surface area contributed by atoms with Crippen LogP contribution < -0.4 is 0 Å². The van der Waals surface area contributed by atoms with Crippen molar-refractivity contribution in [2.24, 2.45) is 4.40 Å². The van der Waals surface area contributed by atoms with Crippen LogP contribution in [0.1, 0.15) is 38.8 Å². The first-order valence-corrected chi connectivity index (χ1v) is 7.58. The predicted molar refractivity (Wildman–Crippen MR) is 82.2 cm³/mol. The fourth-order valence-corrected chi connectivity index (χ4v) is 1.98. The molecule has 0 fully saturated rings. The number of nitriles is 1. The van der Waals surface area contributed by atoms with Crippen LogP contribution in [0.2, 0.25) is 0 Å². The van der Waals surface area contributed by atoms with Crippen LogP contribution in [0, 0.1) is 11.3 Å². The second-order valence-electron chi connectivity index (χ2n) is 5.21. The van der Waals surface area contributed by atoms with Crippen LogP contribution in [0.3, 0.4) is 0 Å². The molecule has 0 spiro atoms. The Kier molecular flexibility index (Phi) is 5.79. The van der Waals surface area contributed by atoms with Gasteiger partial charge in [-0.3, -0.25) is 0 Å². The molecule has 0 saturated carbocycles. The zero-order valence-corrected chi connectivity index (χ0v) is 13.4. The van der Waals surface area contributed by atoms with Gasteiger partial charge in [-0.1, -0.05) is 12.1 Å². The fourth-order valence-electron chi connectivity index (χ4n) is 1.36. The van der Waals surface area contributed by atoms with Crippen LogP contribution >= 0.6 is 0 Å². The average Bonchev–Trinajstić information content (AvgIpc) is 2.43. The van der Waals surface area contributed by atoms with Gasteiger partial charge in [-0.15, -0.1) is 0 Å². The highest BCUT2D eigenvalue weighted by molar-refractivity contribution is 7.85. The lowest BCUT2D eigenvalue weighted by Gasteiger charge is -2.15. The van der Waals surface area contributed by atoms with Gasteiger partial charge in [0.1, 0.15) is 11.0 Å². The predicted octanol–water partition coefficient (Wildman–Crippen LogP) is 2.37. The molecule has 1 aromatic rings. The summed E-state index contributed by atoms with van der Waals surface area (Å²) in [5.41, 5.74) is 0.790. The normalized spacial score (nSPS) is 13.4. The molecule has 0 aromatic heterocycles. The molecule has 112 valence electrons. The third-order valence-electron chi connectivity index (χ3n) is 2.43. The summed E-state index contributed by atoms with van der Waals surface area (Å²) in [4.78, 5) is 12.0. The molecule has 1 aromatic carbocycles. The van der Waals surface area contributed by atoms with Crippen LogP contribution in [-0.2, 0) is 20.5 Å². The number of ether oxygens (including phenoxy) is 1. The number of carbonyl (C=O) groups excluding carboxylic acids is 1. The van der Waals surface area contributed by atoms with Crippen molar-refractivity contribution in [2.45, 2.75) is 32.4 Å². The standard InChI is InChI=1S/C15H18N2O3S/c1-5-20-14(18)13(17-21(19)15(2,3)4)12-8-6-7-11(9-12)10-16/h6-9H,5H2,1-4H3/b17-13-/t21-/m0/s1. The van der Waals surface area contributed by atoms with E-state index in [4.69, 9.17) is 10.00 Å². The molecule has 6 heteroatoms. The smallest absolute Gasteiger partial charge is 0.358 e. The third-order valence-corrected chi connectivity index (χ3v) is 3.83. The highest BCUT2D eigenvalue weighted by Gasteiger charge is 2.23. The van der Waals surface area contributed by atoms with Gasteiger partial charge in [-0.2, -0.15) is 9.66 Å². The Hall–Kier alpha value is -2.00. The number of esters is 1. The zero-order valence-electron chi connectivity index (χ0n) is 12.5. The van der Waals surface area contributed by atoms with Crippen molar-refractivity contribution in [3.8, 4) is 6.07 Å². The Balaban J connectivity index is 3.32. The van der Waals surface area contributed by atoms with E-state index in [2.05, 4.69) is 4.40 Å². The van der Waals surface area contributed by atoms with Gasteiger partial charge in [0.2, 0.25) is 0 Å². The second kappa shape index (κ2) is 7.14. The van der Waals surface area contributed by atoms with Gasteiger partial charge in [-0.25, -0.2) is 9.00 Å². The maximum absolute atomic E-state index is 12.2. The minimum Gasteiger partial charge on any atom is -0.461 e. The molecule has 0 unspecified atom stereocenters. The summed E-state index contributed by atoms with van der Waals surface area (Å²) in [7, 11) is -1.60. The van der Waals surface area contributed by atoms with Crippen molar-refractivity contribution in [3.05, 3.63) is 35.4 Å². The first-order valence-electron chi connectivity index (χ1n) is 6.48. The van der Waals surface area contributed by atoms with Gasteiger partial charge in [0.15, 0.2) is 5.71 Å². The van der Waals surface area contributed by atoms with Gasteiger partial charge in [-0.05, 0) is 39.8 Å². The molecular formula is C15H18N2O3S. The Labute approximate surface area is 127 Å². The lowest BCUT2D eigenvalue weighted by Crippen LogP contribution is -2.25. The van der Waals surface area contributed by atoms with Crippen molar-refractivity contribution in [1.82, 2.24) is 0 Å². The summed E-state index contributed by atoms with van der Waals surface area (Å²) in [6, 6.07) is 8.41. The minimum atomic E-state index is -1.60. The van der Waals surface area contributed by atoms with Crippen LogP contribution in [0.4, 0.5) is 0 Å². The summed E-state index contributed by atoms with van der Waals surface area (Å²) >= 11 is 0. The third kappa shape index (κ3) is 4.80. The van der Waals surface area contributed by atoms with E-state index >= 15 is 0 Å². The monoisotopic (exact) mass is 306 g/mol. The van der Waals surface area contributed by atoms with Crippen molar-refractivity contribution < 1.29 is 13.7 Å². The summed E-state index contributed by atoms with van der Waals surface area (Å²) in [5, 5.41) is 8.93. The highest BCUT2D eigenvalue weighted by atomic mass is 32.2. The average molecular weight is 306 g/mol. The van der Waals surface area contributed by atoms with E-state index in [0.29, 0.717) is 11.1 Å². The molecule has 21 heavy (non-hydrogen) atoms. The van der Waals surface area contributed by atoms with Crippen molar-refractivity contribution >= 4 is 22.7 Å². The molecule has 1 atom stereocenters. The number of hydrogen-bond acceptors (Lipinski definition) is 4. The Bertz CT molecular complexity index is 625. The Morgan fingerprint density at radius 3 is 2.62 bits per heavy atom. The summed E-state index contributed by atoms with van der Waals surface area (Å²) in [6.45, 7) is 7.17. The van der Waals surface area contributed by atoms with Gasteiger partial charge in [0, 0.05) is 5.56 Å². The van der Waals surface area contributed by atoms with Crippen LogP contribution in [0.25, 0.3) is 0 Å². The van der Waals surface area contributed by atoms with Gasteiger partial charge in [0.25, 0.3) is 0 Å². The highest BCUT2D eigenvalue weighted by Crippen LogP contribution is 2.15. The SMILES string of the molecule is CCOC(=O)/C(=N\[S@@](=O)C(C)(C)C)c1cccc(C#N)c1. The lowest BCUT2D eigenvalue weighted by molar-refractivity contribution is -0.134. The van der Waals surface area contributed by atoms with Gasteiger partial charge >= 0.3 is 5.97 Å². The topological polar surface area (TPSA) is 79.5 Å². The Morgan fingerprint density at radius 1 is 1.43 bits per heavy atom. The van der Waals surface area contributed by atoms with Crippen LogP contribution in [0.15, 0.2) is 28.7 Å². The van der Waals surface area contributed by atoms with E-state index in [-0.39, 0.29) is 12.3 Å². The largest absolute Gasteiger partial charge is 0.461 e. The molecule has 0 aliphatic heterocycles. The Morgan fingerprint density at radius 2 is 2.10 bits per heavy atom. The molecular weight excluding hydrogens is 288 g/mol. The number of rotatable bonds is 4. The molecule has 0 bridgehead atoms. The number of hydrogen-bond donors (Lipinski definition) is 0. The van der Waals surface area contributed by atoms with Crippen LogP contribution in [0.5, 0.6) is 0 Å². The minimum absolute atomic E-state index is 0.0257. The van der Waals surface area contributed by atoms with E-state index in [0.717, 1.165) is 0 Å². The molecule has 0 radical (unpaired) electrons. The summed E-state index contributed by atoms with van der Waals surface area (Å²) in [5.74, 6) is -0.648. The lowest BCUT2D eigenvalue weighted by atomic mass is 10.1. The summed E-state index contributed by atoms with van der Waals surface area (Å²) in [6.07, 6.45) is 0. The quantitative estimate of drug-likeness (QED) is 0.632. The molecule has 0 amide bonds. The van der Waals surface area contributed by atoms with Gasteiger partial charge in [0.05, 0.1) is 23.0 Å². The van der Waals surface area contributed by atoms with E-state index in [1.807, 2.05) is 6.07 Å². The number of benzene rings is 1. The maximum atomic E-state index is 12.2. The van der Waals surface area contributed by atoms with E-state index < -0.39 is 21.7 Å². The molecule has 0 saturated heterocycles. The second-order valence-corrected chi connectivity index (χ2v) is 7.12. The van der Waals surface area contributed by atoms with Crippen molar-refractivity contribution in [3.63, 3.8) is 0 Å². The first-order chi connectivity index (χ1) is 9.79. The number of nitrogens with zero attached hydrogens (tertiary/aromatic N) is 2. The summed E-state index contributed by atoms with van der Waals surface area (Å²) < 4.78 is 20.5. The van der Waals surface area contributed by atoms with E-state index in [1.165, 1.54) is 6.07 Å². The van der Waals surface area contributed by atoms with Crippen molar-refractivity contribution in [2.75, 3.05) is 6.61 Å². The molecule has 1 rings (SSSR count). The molecule has 0 aliphatic carbocycles. The van der Waals surface area contributed by atoms with Crippen LogP contribution in [-0.4, -0.2) is 27.2 Å². The first kappa shape index (κ1) is 17.1. The zero-order chi connectivity index (χ0) is 16.0. The molecule has 0 N–H and O–H groups in total.